The van der Waals surface area contributed by atoms with Crippen LogP contribution in [0.5, 0.6) is 11.5 Å². The third kappa shape index (κ3) is 3.91. The van der Waals surface area contributed by atoms with E-state index in [2.05, 4.69) is 5.09 Å². The number of para-hydroxylation sites is 2. The summed E-state index contributed by atoms with van der Waals surface area (Å²) in [6.07, 6.45) is 0. The molecule has 1 atom stereocenters. The standard InChI is InChI=1S/C15H26NO6PSi2/c1-24(2,3)21-15(17)12-11-18-23(16-12,22-25(4,5)6)19-13-9-7-8-10-14(13)20-23/h7-10,12,16H,11H2,1-6H3/t12-/m0/s1. The van der Waals surface area contributed by atoms with E-state index < -0.39 is 30.3 Å². The molecule has 1 aromatic rings. The molecule has 2 aliphatic rings. The van der Waals surface area contributed by atoms with E-state index in [4.69, 9.17) is 22.2 Å². The Morgan fingerprint density at radius 1 is 1.08 bits per heavy atom. The Morgan fingerprint density at radius 3 is 2.12 bits per heavy atom. The molecule has 2 heterocycles. The number of fused-ring (bicyclic) bond motifs is 1. The Labute approximate surface area is 150 Å². The molecule has 25 heavy (non-hydrogen) atoms. The van der Waals surface area contributed by atoms with E-state index in [1.165, 1.54) is 0 Å². The van der Waals surface area contributed by atoms with Gasteiger partial charge in [-0.1, -0.05) is 0 Å². The molecule has 0 bridgehead atoms. The number of carbonyl (C=O) groups is 1. The second kappa shape index (κ2) is 5.77. The van der Waals surface area contributed by atoms with Crippen LogP contribution in [-0.4, -0.2) is 35.3 Å². The summed E-state index contributed by atoms with van der Waals surface area (Å²) >= 11 is 0. The zero-order valence-electron chi connectivity index (χ0n) is 15.5. The van der Waals surface area contributed by atoms with Crippen LogP contribution in [-0.2, 0) is 18.0 Å². The third-order valence-corrected chi connectivity index (χ3v) is 9.93. The van der Waals surface area contributed by atoms with E-state index >= 15 is 0 Å². The summed E-state index contributed by atoms with van der Waals surface area (Å²) < 4.78 is 30.2. The number of rotatable bonds is 4. The molecule has 0 amide bonds. The summed E-state index contributed by atoms with van der Waals surface area (Å²) in [5.41, 5.74) is 0. The van der Waals surface area contributed by atoms with Crippen molar-refractivity contribution >= 4 is 30.3 Å². The average Bonchev–Trinajstić information content (AvgIpc) is 2.93. The molecular formula is C15H26NO6PSi2. The number of benzene rings is 1. The molecule has 7 nitrogen and oxygen atoms in total. The first-order valence-corrected chi connectivity index (χ1v) is 17.0. The van der Waals surface area contributed by atoms with E-state index in [1.807, 2.05) is 51.4 Å². The summed E-state index contributed by atoms with van der Waals surface area (Å²) in [7, 11) is -8.29. The van der Waals surface area contributed by atoms with Crippen molar-refractivity contribution in [2.24, 2.45) is 0 Å². The van der Waals surface area contributed by atoms with Crippen molar-refractivity contribution in [1.29, 1.82) is 0 Å². The molecule has 1 aromatic carbocycles. The number of hydrogen-bond donors (Lipinski definition) is 1. The molecule has 0 aromatic heterocycles. The second-order valence-electron chi connectivity index (χ2n) is 8.16. The van der Waals surface area contributed by atoms with Gasteiger partial charge in [0.15, 0.2) is 0 Å². The molecule has 10 heteroatoms. The Bertz CT molecular complexity index is 677. The van der Waals surface area contributed by atoms with Crippen LogP contribution < -0.4 is 14.1 Å². The van der Waals surface area contributed by atoms with Gasteiger partial charge in [0.2, 0.25) is 0 Å². The van der Waals surface area contributed by atoms with Crippen molar-refractivity contribution in [2.45, 2.75) is 45.3 Å². The van der Waals surface area contributed by atoms with Crippen LogP contribution >= 0.6 is 7.66 Å². The van der Waals surface area contributed by atoms with Gasteiger partial charge in [0.05, 0.1) is 0 Å². The first-order valence-electron chi connectivity index (χ1n) is 8.28. The van der Waals surface area contributed by atoms with Crippen molar-refractivity contribution in [1.82, 2.24) is 5.09 Å². The predicted octanol–water partition coefficient (Wildman–Crippen LogP) is 3.80. The van der Waals surface area contributed by atoms with Gasteiger partial charge in [-0.2, -0.15) is 0 Å². The maximum atomic E-state index is 12.5. The fourth-order valence-corrected chi connectivity index (χ4v) is 10.3. The van der Waals surface area contributed by atoms with Crippen LogP contribution in [0.25, 0.3) is 0 Å². The second-order valence-corrected chi connectivity index (χ2v) is 20.0. The van der Waals surface area contributed by atoms with E-state index in [0.29, 0.717) is 11.5 Å². The third-order valence-electron chi connectivity index (χ3n) is 3.31. The van der Waals surface area contributed by atoms with Gasteiger partial charge in [0.25, 0.3) is 0 Å². The normalized spacial score (nSPS) is 25.4. The van der Waals surface area contributed by atoms with Crippen molar-refractivity contribution in [2.75, 3.05) is 6.61 Å². The molecule has 1 N–H and O–H groups in total. The molecule has 0 unspecified atom stereocenters. The van der Waals surface area contributed by atoms with E-state index in [0.717, 1.165) is 0 Å². The van der Waals surface area contributed by atoms with Gasteiger partial charge in [0, 0.05) is 0 Å². The van der Waals surface area contributed by atoms with Crippen LogP contribution in [0.2, 0.25) is 39.3 Å². The number of hydrogen-bond acceptors (Lipinski definition) is 7. The molecule has 1 saturated heterocycles. The van der Waals surface area contributed by atoms with E-state index in [-0.39, 0.29) is 12.6 Å². The van der Waals surface area contributed by atoms with Crippen molar-refractivity contribution in [3.05, 3.63) is 24.3 Å². The molecule has 0 aliphatic carbocycles. The Hall–Kier alpha value is -0.966. The molecule has 2 aliphatic heterocycles. The molecule has 1 fully saturated rings. The number of carbonyl (C=O) groups excluding carboxylic acids is 1. The first-order chi connectivity index (χ1) is 11.4. The van der Waals surface area contributed by atoms with Crippen LogP contribution in [0.3, 0.4) is 0 Å². The minimum atomic E-state index is -4.13. The topological polar surface area (TPSA) is 75.3 Å². The first kappa shape index (κ1) is 18.8. The Morgan fingerprint density at radius 2 is 1.64 bits per heavy atom. The van der Waals surface area contributed by atoms with Crippen molar-refractivity contribution in [3.8, 4) is 11.5 Å². The van der Waals surface area contributed by atoms with Gasteiger partial charge in [-0.15, -0.1) is 0 Å². The summed E-state index contributed by atoms with van der Waals surface area (Å²) in [5, 5.41) is 3.13. The molecule has 0 saturated carbocycles. The Kier molecular flexibility index (Phi) is 4.34. The quantitative estimate of drug-likeness (QED) is 0.605. The average molecular weight is 404 g/mol. The van der Waals surface area contributed by atoms with Crippen molar-refractivity contribution < 1.29 is 27.0 Å². The van der Waals surface area contributed by atoms with Gasteiger partial charge in [-0.25, -0.2) is 0 Å². The van der Waals surface area contributed by atoms with Gasteiger partial charge >= 0.3 is 150 Å². The van der Waals surface area contributed by atoms with Crippen LogP contribution in [0, 0.1) is 0 Å². The number of nitrogens with one attached hydrogen (secondary N) is 1. The maximum absolute atomic E-state index is 12.5. The summed E-state index contributed by atoms with van der Waals surface area (Å²) in [4.78, 5) is 12.5. The predicted molar refractivity (Wildman–Crippen MR) is 101 cm³/mol. The molecular weight excluding hydrogens is 377 g/mol. The SMILES string of the molecule is C[Si](C)(C)OC(=O)[C@@H]1COP2(O[Si](C)(C)C)(N1)Oc1ccccc1O2. The fourth-order valence-electron chi connectivity index (χ4n) is 2.65. The van der Waals surface area contributed by atoms with E-state index in [9.17, 15) is 4.79 Å². The fraction of sp³-hybridized carbons (Fsp3) is 0.533. The monoisotopic (exact) mass is 403 g/mol. The molecule has 1 spiro atoms. The zero-order chi connectivity index (χ0) is 18.5. The van der Waals surface area contributed by atoms with Crippen molar-refractivity contribution in [3.63, 3.8) is 0 Å². The van der Waals surface area contributed by atoms with Gasteiger partial charge in [0.1, 0.15) is 0 Å². The molecule has 3 rings (SSSR count). The van der Waals surface area contributed by atoms with Crippen LogP contribution in [0.4, 0.5) is 0 Å². The summed E-state index contributed by atoms with van der Waals surface area (Å²) in [6, 6.07) is 6.60. The zero-order valence-corrected chi connectivity index (χ0v) is 18.4. The van der Waals surface area contributed by atoms with Crippen LogP contribution in [0.1, 0.15) is 0 Å². The van der Waals surface area contributed by atoms with E-state index in [1.54, 1.807) is 12.1 Å². The van der Waals surface area contributed by atoms with Gasteiger partial charge in [-0.05, 0) is 0 Å². The molecule has 0 radical (unpaired) electrons. The Balaban J connectivity index is 1.90. The summed E-state index contributed by atoms with van der Waals surface area (Å²) in [5.74, 6) is 0.734. The van der Waals surface area contributed by atoms with Gasteiger partial charge in [-0.3, -0.25) is 0 Å². The van der Waals surface area contributed by atoms with Crippen LogP contribution in [0.15, 0.2) is 24.3 Å². The minimum absolute atomic E-state index is 0.0829. The molecule has 140 valence electrons. The van der Waals surface area contributed by atoms with Gasteiger partial charge < -0.3 is 0 Å². The summed E-state index contributed by atoms with van der Waals surface area (Å²) in [6.45, 7) is 12.0.